The van der Waals surface area contributed by atoms with Crippen molar-refractivity contribution in [3.05, 3.63) is 12.3 Å². The predicted molar refractivity (Wildman–Crippen MR) is 50.5 cm³/mol. The molecule has 5 nitrogen and oxygen atoms in total. The highest BCUT2D eigenvalue weighted by atomic mass is 16.3. The summed E-state index contributed by atoms with van der Waals surface area (Å²) < 4.78 is 0. The molecule has 2 N–H and O–H groups in total. The molecule has 1 saturated heterocycles. The lowest BCUT2D eigenvalue weighted by Crippen LogP contribution is -2.43. The van der Waals surface area contributed by atoms with Crippen molar-refractivity contribution < 1.29 is 5.11 Å². The first-order valence-corrected chi connectivity index (χ1v) is 4.63. The maximum Gasteiger partial charge on any atom is 0.124 e. The monoisotopic (exact) mass is 192 g/mol. The van der Waals surface area contributed by atoms with E-state index < -0.39 is 6.10 Å². The third kappa shape index (κ3) is 1.56. The molecule has 14 heavy (non-hydrogen) atoms. The minimum Gasteiger partial charge on any atom is -0.390 e. The number of anilines is 1. The first-order valence-electron chi connectivity index (χ1n) is 4.63. The van der Waals surface area contributed by atoms with Gasteiger partial charge in [-0.1, -0.05) is 0 Å². The molecule has 0 aliphatic carbocycles. The second-order valence-corrected chi connectivity index (χ2v) is 3.48. The first kappa shape index (κ1) is 9.03. The smallest absolute Gasteiger partial charge is 0.124 e. The molecule has 74 valence electrons. The van der Waals surface area contributed by atoms with E-state index in [0.29, 0.717) is 13.0 Å². The van der Waals surface area contributed by atoms with Gasteiger partial charge in [0.05, 0.1) is 24.3 Å². The van der Waals surface area contributed by atoms with Crippen molar-refractivity contribution in [3.8, 4) is 6.07 Å². The van der Waals surface area contributed by atoms with E-state index in [1.807, 2.05) is 11.0 Å². The van der Waals surface area contributed by atoms with Gasteiger partial charge in [-0.25, -0.2) is 0 Å². The summed E-state index contributed by atoms with van der Waals surface area (Å²) in [7, 11) is 0. The number of aromatic amines is 1. The fourth-order valence-electron chi connectivity index (χ4n) is 1.73. The molecule has 0 amide bonds. The highest BCUT2D eigenvalue weighted by Gasteiger charge is 2.27. The van der Waals surface area contributed by atoms with Gasteiger partial charge in [-0.3, -0.25) is 5.10 Å². The van der Waals surface area contributed by atoms with E-state index in [-0.39, 0.29) is 5.92 Å². The molecule has 0 saturated carbocycles. The summed E-state index contributed by atoms with van der Waals surface area (Å²) in [5.41, 5.74) is 0. The minimum absolute atomic E-state index is 0.228. The number of hydrogen-bond acceptors (Lipinski definition) is 4. The van der Waals surface area contributed by atoms with Gasteiger partial charge in [0.15, 0.2) is 0 Å². The van der Waals surface area contributed by atoms with Gasteiger partial charge in [-0.15, -0.1) is 0 Å². The maximum absolute atomic E-state index is 9.64. The Morgan fingerprint density at radius 1 is 1.71 bits per heavy atom. The summed E-state index contributed by atoms with van der Waals surface area (Å²) in [4.78, 5) is 2.01. The van der Waals surface area contributed by atoms with E-state index in [0.717, 1.165) is 12.4 Å². The first-order chi connectivity index (χ1) is 6.81. The van der Waals surface area contributed by atoms with E-state index in [9.17, 15) is 5.11 Å². The molecular formula is C9H12N4O. The van der Waals surface area contributed by atoms with E-state index in [4.69, 9.17) is 5.26 Å². The molecule has 0 spiro atoms. The van der Waals surface area contributed by atoms with Crippen LogP contribution in [0.25, 0.3) is 0 Å². The Morgan fingerprint density at radius 3 is 3.14 bits per heavy atom. The average Bonchev–Trinajstić information content (AvgIpc) is 2.70. The van der Waals surface area contributed by atoms with E-state index in [2.05, 4.69) is 16.3 Å². The summed E-state index contributed by atoms with van der Waals surface area (Å²) in [5, 5.41) is 25.1. The van der Waals surface area contributed by atoms with Gasteiger partial charge in [0.2, 0.25) is 0 Å². The molecule has 1 aliphatic rings. The Balaban J connectivity index is 2.04. The number of nitriles is 1. The van der Waals surface area contributed by atoms with Crippen molar-refractivity contribution >= 4 is 5.82 Å². The van der Waals surface area contributed by atoms with Crippen molar-refractivity contribution in [3.63, 3.8) is 0 Å². The van der Waals surface area contributed by atoms with E-state index >= 15 is 0 Å². The molecule has 0 aromatic carbocycles. The highest BCUT2D eigenvalue weighted by molar-refractivity contribution is 5.37. The molecule has 5 heteroatoms. The van der Waals surface area contributed by atoms with Gasteiger partial charge in [0, 0.05) is 19.2 Å². The van der Waals surface area contributed by atoms with Crippen LogP contribution in [-0.2, 0) is 0 Å². The standard InChI is InChI=1S/C9H12N4O/c10-5-7-2-4-13(6-8(7)14)9-1-3-11-12-9/h1,3,7-8,14H,2,4,6H2,(H,11,12)/t7-,8+/m1/s1. The molecule has 0 radical (unpaired) electrons. The van der Waals surface area contributed by atoms with E-state index in [1.54, 1.807) is 6.20 Å². The summed E-state index contributed by atoms with van der Waals surface area (Å²) in [6.07, 6.45) is 1.83. The molecule has 0 bridgehead atoms. The summed E-state index contributed by atoms with van der Waals surface area (Å²) >= 11 is 0. The van der Waals surface area contributed by atoms with Crippen LogP contribution in [0.2, 0.25) is 0 Å². The number of hydrogen-bond donors (Lipinski definition) is 2. The van der Waals surface area contributed by atoms with Crippen LogP contribution in [0.15, 0.2) is 12.3 Å². The summed E-state index contributed by atoms with van der Waals surface area (Å²) in [6, 6.07) is 3.98. The zero-order valence-corrected chi connectivity index (χ0v) is 7.72. The van der Waals surface area contributed by atoms with Crippen molar-refractivity contribution in [2.24, 2.45) is 5.92 Å². The van der Waals surface area contributed by atoms with Gasteiger partial charge in [0.1, 0.15) is 5.82 Å². The average molecular weight is 192 g/mol. The fraction of sp³-hybridized carbons (Fsp3) is 0.556. The van der Waals surface area contributed by atoms with Crippen LogP contribution in [0.4, 0.5) is 5.82 Å². The van der Waals surface area contributed by atoms with Crippen LogP contribution in [0.1, 0.15) is 6.42 Å². The molecule has 1 fully saturated rings. The highest BCUT2D eigenvalue weighted by Crippen LogP contribution is 2.20. The molecule has 2 heterocycles. The van der Waals surface area contributed by atoms with Crippen molar-refractivity contribution in [2.75, 3.05) is 18.0 Å². The number of aromatic nitrogens is 2. The lowest BCUT2D eigenvalue weighted by molar-refractivity contribution is 0.120. The molecular weight excluding hydrogens is 180 g/mol. The number of aliphatic hydroxyl groups excluding tert-OH is 1. The molecule has 1 aromatic heterocycles. The van der Waals surface area contributed by atoms with Gasteiger partial charge >= 0.3 is 0 Å². The number of nitrogens with zero attached hydrogens (tertiary/aromatic N) is 3. The van der Waals surface area contributed by atoms with Gasteiger partial charge < -0.3 is 10.0 Å². The van der Waals surface area contributed by atoms with E-state index in [1.165, 1.54) is 0 Å². The van der Waals surface area contributed by atoms with Crippen LogP contribution in [0, 0.1) is 17.2 Å². The molecule has 2 atom stereocenters. The maximum atomic E-state index is 9.64. The normalized spacial score (nSPS) is 27.3. The largest absolute Gasteiger partial charge is 0.390 e. The lowest BCUT2D eigenvalue weighted by atomic mass is 9.95. The number of β-amino-alcohol motifs (C(OH)–C–C–N with tert-alkyl or cyclic N) is 1. The summed E-state index contributed by atoms with van der Waals surface area (Å²) in [5.74, 6) is 0.676. The molecule has 0 unspecified atom stereocenters. The van der Waals surface area contributed by atoms with Crippen LogP contribution in [-0.4, -0.2) is 34.5 Å². The van der Waals surface area contributed by atoms with Crippen LogP contribution < -0.4 is 4.90 Å². The fourth-order valence-corrected chi connectivity index (χ4v) is 1.73. The third-order valence-corrected chi connectivity index (χ3v) is 2.57. The van der Waals surface area contributed by atoms with Crippen LogP contribution in [0.3, 0.4) is 0 Å². The van der Waals surface area contributed by atoms with Crippen LogP contribution >= 0.6 is 0 Å². The topological polar surface area (TPSA) is 75.9 Å². The minimum atomic E-state index is -0.558. The Labute approximate surface area is 82.0 Å². The van der Waals surface area contributed by atoms with Gasteiger partial charge in [-0.2, -0.15) is 10.4 Å². The molecule has 1 aromatic rings. The Bertz CT molecular complexity index is 329. The number of rotatable bonds is 1. The number of H-pyrrole nitrogens is 1. The Hall–Kier alpha value is -1.54. The van der Waals surface area contributed by atoms with Crippen molar-refractivity contribution in [1.29, 1.82) is 5.26 Å². The van der Waals surface area contributed by atoms with Crippen molar-refractivity contribution in [2.45, 2.75) is 12.5 Å². The number of aliphatic hydroxyl groups is 1. The van der Waals surface area contributed by atoms with Gasteiger partial charge in [-0.05, 0) is 6.42 Å². The number of nitrogens with one attached hydrogen (secondary N) is 1. The second kappa shape index (κ2) is 3.68. The zero-order chi connectivity index (χ0) is 9.97. The third-order valence-electron chi connectivity index (χ3n) is 2.57. The quantitative estimate of drug-likeness (QED) is 0.662. The Morgan fingerprint density at radius 2 is 2.57 bits per heavy atom. The SMILES string of the molecule is N#C[C@H]1CCN(c2ccn[nH]2)C[C@@H]1O. The van der Waals surface area contributed by atoms with Gasteiger partial charge in [0.25, 0.3) is 0 Å². The molecule has 1 aliphatic heterocycles. The summed E-state index contributed by atoms with van der Waals surface area (Å²) in [6.45, 7) is 1.29. The Kier molecular flexibility index (Phi) is 2.37. The van der Waals surface area contributed by atoms with Crippen molar-refractivity contribution in [1.82, 2.24) is 10.2 Å². The predicted octanol–water partition coefficient (Wildman–Crippen LogP) is 0.120. The molecule has 2 rings (SSSR count). The lowest BCUT2D eigenvalue weighted by Gasteiger charge is -2.33. The second-order valence-electron chi connectivity index (χ2n) is 3.48. The van der Waals surface area contributed by atoms with Crippen LogP contribution in [0.5, 0.6) is 0 Å². The zero-order valence-electron chi connectivity index (χ0n) is 7.72. The number of piperidine rings is 1.